The molecule has 0 amide bonds. The number of hydrogen-bond donors (Lipinski definition) is 0. The molecule has 21 heavy (non-hydrogen) atoms. The van der Waals surface area contributed by atoms with E-state index < -0.39 is 0 Å². The SMILES string of the molecule is Cc1nnsc1CN(C)Cc1cccc(-n2cccn2)c1. The highest BCUT2D eigenvalue weighted by atomic mass is 32.1. The number of hydrogen-bond acceptors (Lipinski definition) is 5. The number of nitrogens with zero attached hydrogens (tertiary/aromatic N) is 5. The quantitative estimate of drug-likeness (QED) is 0.726. The Balaban J connectivity index is 1.70. The van der Waals surface area contributed by atoms with E-state index >= 15 is 0 Å². The van der Waals surface area contributed by atoms with Crippen molar-refractivity contribution in [2.24, 2.45) is 0 Å². The molecule has 0 unspecified atom stereocenters. The Kier molecular flexibility index (Phi) is 4.08. The van der Waals surface area contributed by atoms with Crippen molar-refractivity contribution in [3.63, 3.8) is 0 Å². The van der Waals surface area contributed by atoms with E-state index in [1.165, 1.54) is 22.0 Å². The highest BCUT2D eigenvalue weighted by Gasteiger charge is 2.08. The van der Waals surface area contributed by atoms with Crippen molar-refractivity contribution in [2.75, 3.05) is 7.05 Å². The Morgan fingerprint density at radius 3 is 2.86 bits per heavy atom. The normalized spacial score (nSPS) is 11.2. The molecule has 3 rings (SSSR count). The Morgan fingerprint density at radius 2 is 2.14 bits per heavy atom. The Hall–Kier alpha value is -2.05. The number of rotatable bonds is 5. The van der Waals surface area contributed by atoms with Gasteiger partial charge in [-0.3, -0.25) is 4.90 Å². The highest BCUT2D eigenvalue weighted by Crippen LogP contribution is 2.15. The standard InChI is InChI=1S/C15H17N5S/c1-12-15(21-18-17-12)11-19(2)10-13-5-3-6-14(9-13)20-8-4-7-16-20/h3-9H,10-11H2,1-2H3. The average Bonchev–Trinajstić information content (AvgIpc) is 3.12. The summed E-state index contributed by atoms with van der Waals surface area (Å²) in [7, 11) is 2.11. The van der Waals surface area contributed by atoms with Crippen LogP contribution >= 0.6 is 11.5 Å². The molecule has 0 spiro atoms. The number of aryl methyl sites for hydroxylation is 1. The zero-order chi connectivity index (χ0) is 14.7. The van der Waals surface area contributed by atoms with E-state index in [1.807, 2.05) is 23.9 Å². The van der Waals surface area contributed by atoms with Gasteiger partial charge in [-0.1, -0.05) is 16.6 Å². The summed E-state index contributed by atoms with van der Waals surface area (Å²) in [5, 5.41) is 8.32. The second kappa shape index (κ2) is 6.15. The molecule has 2 heterocycles. The van der Waals surface area contributed by atoms with Crippen molar-refractivity contribution in [1.82, 2.24) is 24.3 Å². The van der Waals surface area contributed by atoms with Crippen molar-refractivity contribution in [1.29, 1.82) is 0 Å². The summed E-state index contributed by atoms with van der Waals surface area (Å²) in [4.78, 5) is 3.49. The molecule has 6 heteroatoms. The molecule has 2 aromatic heterocycles. The lowest BCUT2D eigenvalue weighted by Gasteiger charge is -2.16. The van der Waals surface area contributed by atoms with Crippen LogP contribution in [0.2, 0.25) is 0 Å². The summed E-state index contributed by atoms with van der Waals surface area (Å²) in [5.74, 6) is 0. The monoisotopic (exact) mass is 299 g/mol. The van der Waals surface area contributed by atoms with E-state index in [2.05, 4.69) is 50.9 Å². The van der Waals surface area contributed by atoms with Gasteiger partial charge < -0.3 is 0 Å². The van der Waals surface area contributed by atoms with Gasteiger partial charge in [0.25, 0.3) is 0 Å². The van der Waals surface area contributed by atoms with Crippen molar-refractivity contribution in [3.8, 4) is 5.69 Å². The lowest BCUT2D eigenvalue weighted by atomic mass is 10.2. The van der Waals surface area contributed by atoms with E-state index in [0.29, 0.717) is 0 Å². The van der Waals surface area contributed by atoms with Gasteiger partial charge in [0.15, 0.2) is 0 Å². The largest absolute Gasteiger partial charge is 0.297 e. The number of aromatic nitrogens is 4. The fourth-order valence-electron chi connectivity index (χ4n) is 2.23. The van der Waals surface area contributed by atoms with Crippen LogP contribution in [0.3, 0.4) is 0 Å². The van der Waals surface area contributed by atoms with Crippen molar-refractivity contribution >= 4 is 11.5 Å². The second-order valence-corrected chi connectivity index (χ2v) is 5.91. The Morgan fingerprint density at radius 1 is 1.24 bits per heavy atom. The molecular weight excluding hydrogens is 282 g/mol. The minimum atomic E-state index is 0.871. The zero-order valence-electron chi connectivity index (χ0n) is 12.1. The molecule has 0 saturated heterocycles. The minimum Gasteiger partial charge on any atom is -0.297 e. The molecule has 0 fully saturated rings. The minimum absolute atomic E-state index is 0.871. The second-order valence-electron chi connectivity index (χ2n) is 5.07. The van der Waals surface area contributed by atoms with Gasteiger partial charge in [-0.2, -0.15) is 5.10 Å². The van der Waals surface area contributed by atoms with E-state index in [-0.39, 0.29) is 0 Å². The molecule has 108 valence electrons. The first-order chi connectivity index (χ1) is 10.2. The Labute approximate surface area is 128 Å². The van der Waals surface area contributed by atoms with Crippen LogP contribution in [-0.2, 0) is 13.1 Å². The summed E-state index contributed by atoms with van der Waals surface area (Å²) in [5.41, 5.74) is 3.37. The molecule has 3 aromatic rings. The van der Waals surface area contributed by atoms with Gasteiger partial charge >= 0.3 is 0 Å². The third-order valence-corrected chi connectivity index (χ3v) is 4.10. The fourth-order valence-corrected chi connectivity index (χ4v) is 2.94. The summed E-state index contributed by atoms with van der Waals surface area (Å²) in [6.07, 6.45) is 3.74. The fraction of sp³-hybridized carbons (Fsp3) is 0.267. The number of benzene rings is 1. The summed E-state index contributed by atoms with van der Waals surface area (Å²) < 4.78 is 5.86. The van der Waals surface area contributed by atoms with Crippen LogP contribution in [0.15, 0.2) is 42.7 Å². The topological polar surface area (TPSA) is 46.8 Å². The van der Waals surface area contributed by atoms with E-state index in [4.69, 9.17) is 0 Å². The molecule has 0 atom stereocenters. The third kappa shape index (κ3) is 3.34. The van der Waals surface area contributed by atoms with Gasteiger partial charge in [-0.15, -0.1) is 5.10 Å². The van der Waals surface area contributed by atoms with Crippen LogP contribution in [0.25, 0.3) is 5.69 Å². The van der Waals surface area contributed by atoms with Crippen LogP contribution in [0.4, 0.5) is 0 Å². The average molecular weight is 299 g/mol. The van der Waals surface area contributed by atoms with E-state index in [0.717, 1.165) is 24.5 Å². The predicted octanol–water partition coefficient (Wildman–Crippen LogP) is 2.66. The van der Waals surface area contributed by atoms with E-state index in [9.17, 15) is 0 Å². The molecular formula is C15H17N5S. The van der Waals surface area contributed by atoms with Crippen LogP contribution in [-0.4, -0.2) is 31.3 Å². The summed E-state index contributed by atoms with van der Waals surface area (Å²) >= 11 is 1.47. The van der Waals surface area contributed by atoms with Crippen molar-refractivity contribution < 1.29 is 0 Å². The molecule has 0 aliphatic heterocycles. The molecule has 0 saturated carbocycles. The molecule has 0 aliphatic carbocycles. The maximum absolute atomic E-state index is 4.27. The first kappa shape index (κ1) is 13.9. The molecule has 1 aromatic carbocycles. The van der Waals surface area contributed by atoms with Gasteiger partial charge in [0, 0.05) is 25.5 Å². The highest BCUT2D eigenvalue weighted by molar-refractivity contribution is 7.05. The van der Waals surface area contributed by atoms with Crippen LogP contribution < -0.4 is 0 Å². The molecule has 0 radical (unpaired) electrons. The van der Waals surface area contributed by atoms with Crippen LogP contribution in [0.5, 0.6) is 0 Å². The van der Waals surface area contributed by atoms with Crippen molar-refractivity contribution in [2.45, 2.75) is 20.0 Å². The van der Waals surface area contributed by atoms with Gasteiger partial charge in [-0.05, 0) is 49.3 Å². The summed E-state index contributed by atoms with van der Waals surface area (Å²) in [6, 6.07) is 10.4. The molecule has 0 bridgehead atoms. The third-order valence-electron chi connectivity index (χ3n) is 3.29. The first-order valence-electron chi connectivity index (χ1n) is 6.78. The van der Waals surface area contributed by atoms with Gasteiger partial charge in [-0.25, -0.2) is 4.68 Å². The van der Waals surface area contributed by atoms with Gasteiger partial charge in [0.05, 0.1) is 16.3 Å². The maximum Gasteiger partial charge on any atom is 0.0769 e. The predicted molar refractivity (Wildman–Crippen MR) is 83.4 cm³/mol. The maximum atomic E-state index is 4.27. The van der Waals surface area contributed by atoms with Crippen molar-refractivity contribution in [3.05, 3.63) is 58.9 Å². The molecule has 0 aliphatic rings. The molecule has 0 N–H and O–H groups in total. The first-order valence-corrected chi connectivity index (χ1v) is 7.55. The zero-order valence-corrected chi connectivity index (χ0v) is 12.9. The lowest BCUT2D eigenvalue weighted by molar-refractivity contribution is 0.321. The van der Waals surface area contributed by atoms with Gasteiger partial charge in [0.2, 0.25) is 0 Å². The van der Waals surface area contributed by atoms with Gasteiger partial charge in [0.1, 0.15) is 0 Å². The lowest BCUT2D eigenvalue weighted by Crippen LogP contribution is -2.17. The smallest absolute Gasteiger partial charge is 0.0769 e. The van der Waals surface area contributed by atoms with E-state index in [1.54, 1.807) is 6.20 Å². The van der Waals surface area contributed by atoms with Crippen LogP contribution in [0.1, 0.15) is 16.1 Å². The Bertz CT molecular complexity index is 704. The van der Waals surface area contributed by atoms with Crippen LogP contribution in [0, 0.1) is 6.92 Å². The molecule has 5 nitrogen and oxygen atoms in total. The summed E-state index contributed by atoms with van der Waals surface area (Å²) in [6.45, 7) is 3.76.